The van der Waals surface area contributed by atoms with Gasteiger partial charge < -0.3 is 14.2 Å². The number of rotatable bonds is 4. The Balaban J connectivity index is 1.19. The number of carbonyl (C=O) groups is 2. The maximum atomic E-state index is 13.5. The lowest BCUT2D eigenvalue weighted by Crippen LogP contribution is -2.51. The molecule has 0 bridgehead atoms. The Morgan fingerprint density at radius 3 is 2.62 bits per heavy atom. The van der Waals surface area contributed by atoms with Crippen LogP contribution < -0.4 is 5.56 Å². The zero-order chi connectivity index (χ0) is 25.7. The standard InChI is InChI=1S/C26H26N6O4S/c1-16-5-6-20(17(2)12-16)32-23-19(14-27-32)24(34)31-18(15-37-26(31)28-23)13-22(33)29-7-9-30(10-8-29)25(35)21-4-3-11-36-21/h3-6,11-12,14,18H,7-10,13,15H2,1-2H3. The van der Waals surface area contributed by atoms with Crippen LogP contribution in [-0.2, 0) is 4.79 Å². The summed E-state index contributed by atoms with van der Waals surface area (Å²) in [6.45, 7) is 5.84. The van der Waals surface area contributed by atoms with Crippen LogP contribution in [0.5, 0.6) is 0 Å². The van der Waals surface area contributed by atoms with E-state index in [0.717, 1.165) is 16.8 Å². The molecule has 1 unspecified atom stereocenters. The lowest BCUT2D eigenvalue weighted by molar-refractivity contribution is -0.133. The van der Waals surface area contributed by atoms with Crippen LogP contribution in [0.3, 0.4) is 0 Å². The molecule has 3 aromatic heterocycles. The van der Waals surface area contributed by atoms with E-state index in [1.54, 1.807) is 37.4 Å². The van der Waals surface area contributed by atoms with Crippen molar-refractivity contribution < 1.29 is 14.0 Å². The summed E-state index contributed by atoms with van der Waals surface area (Å²) in [4.78, 5) is 47.4. The minimum absolute atomic E-state index is 0.0264. The van der Waals surface area contributed by atoms with Gasteiger partial charge in [-0.2, -0.15) is 5.10 Å². The zero-order valence-corrected chi connectivity index (χ0v) is 21.4. The first kappa shape index (κ1) is 23.5. The largest absolute Gasteiger partial charge is 0.459 e. The number of benzene rings is 1. The molecule has 2 amide bonds. The van der Waals surface area contributed by atoms with Gasteiger partial charge in [-0.25, -0.2) is 9.67 Å². The van der Waals surface area contributed by atoms with Gasteiger partial charge in [-0.1, -0.05) is 29.5 Å². The molecule has 4 aromatic rings. The molecule has 1 saturated heterocycles. The van der Waals surface area contributed by atoms with Crippen molar-refractivity contribution in [2.75, 3.05) is 31.9 Å². The second kappa shape index (κ2) is 9.22. The Bertz CT molecular complexity index is 1570. The highest BCUT2D eigenvalue weighted by atomic mass is 32.2. The smallest absolute Gasteiger partial charge is 0.289 e. The van der Waals surface area contributed by atoms with Crippen LogP contribution in [0.1, 0.15) is 34.1 Å². The summed E-state index contributed by atoms with van der Waals surface area (Å²) in [6, 6.07) is 9.13. The third-order valence-corrected chi connectivity index (χ3v) is 8.11. The minimum Gasteiger partial charge on any atom is -0.459 e. The van der Waals surface area contributed by atoms with Gasteiger partial charge in [-0.3, -0.25) is 19.0 Å². The number of amides is 2. The van der Waals surface area contributed by atoms with Crippen molar-refractivity contribution in [1.29, 1.82) is 0 Å². The van der Waals surface area contributed by atoms with Crippen LogP contribution in [0.4, 0.5) is 0 Å². The molecule has 2 aliphatic heterocycles. The minimum atomic E-state index is -0.274. The van der Waals surface area contributed by atoms with E-state index in [1.165, 1.54) is 18.0 Å². The van der Waals surface area contributed by atoms with Crippen LogP contribution in [0.25, 0.3) is 16.7 Å². The first-order chi connectivity index (χ1) is 17.9. The van der Waals surface area contributed by atoms with Crippen LogP contribution >= 0.6 is 11.8 Å². The van der Waals surface area contributed by atoms with E-state index in [4.69, 9.17) is 9.40 Å². The molecule has 11 heteroatoms. The average molecular weight is 519 g/mol. The molecule has 37 heavy (non-hydrogen) atoms. The Labute approximate surface area is 216 Å². The Morgan fingerprint density at radius 1 is 1.11 bits per heavy atom. The van der Waals surface area contributed by atoms with Gasteiger partial charge in [0.1, 0.15) is 5.39 Å². The summed E-state index contributed by atoms with van der Waals surface area (Å²) >= 11 is 1.49. The number of piperazine rings is 1. The zero-order valence-electron chi connectivity index (χ0n) is 20.6. The van der Waals surface area contributed by atoms with E-state index in [1.807, 2.05) is 26.0 Å². The number of aromatic nitrogens is 4. The van der Waals surface area contributed by atoms with Crippen molar-refractivity contribution in [2.45, 2.75) is 31.5 Å². The number of aryl methyl sites for hydroxylation is 2. The first-order valence-corrected chi connectivity index (χ1v) is 13.2. The van der Waals surface area contributed by atoms with Crippen molar-refractivity contribution in [3.63, 3.8) is 0 Å². The molecule has 2 aliphatic rings. The van der Waals surface area contributed by atoms with Crippen molar-refractivity contribution in [3.8, 4) is 5.69 Å². The molecule has 0 saturated carbocycles. The fraction of sp³-hybridized carbons (Fsp3) is 0.346. The lowest BCUT2D eigenvalue weighted by atomic mass is 10.1. The van der Waals surface area contributed by atoms with Gasteiger partial charge in [0.15, 0.2) is 16.6 Å². The Hall–Kier alpha value is -3.86. The number of hydrogen-bond acceptors (Lipinski definition) is 7. The van der Waals surface area contributed by atoms with Gasteiger partial charge in [0.25, 0.3) is 11.5 Å². The van der Waals surface area contributed by atoms with Crippen LogP contribution in [0, 0.1) is 13.8 Å². The number of thioether (sulfide) groups is 1. The lowest BCUT2D eigenvalue weighted by Gasteiger charge is -2.34. The fourth-order valence-corrected chi connectivity index (χ4v) is 6.18. The molecule has 10 nitrogen and oxygen atoms in total. The number of fused-ring (bicyclic) bond motifs is 2. The summed E-state index contributed by atoms with van der Waals surface area (Å²) < 4.78 is 8.57. The van der Waals surface area contributed by atoms with Crippen LogP contribution in [0.2, 0.25) is 0 Å². The molecule has 0 aliphatic carbocycles. The topological polar surface area (TPSA) is 106 Å². The van der Waals surface area contributed by atoms with Gasteiger partial charge in [-0.15, -0.1) is 0 Å². The highest BCUT2D eigenvalue weighted by Gasteiger charge is 2.32. The number of hydrogen-bond donors (Lipinski definition) is 0. The molecule has 0 radical (unpaired) electrons. The van der Waals surface area contributed by atoms with Gasteiger partial charge in [0.05, 0.1) is 24.2 Å². The van der Waals surface area contributed by atoms with Gasteiger partial charge in [-0.05, 0) is 37.6 Å². The van der Waals surface area contributed by atoms with Crippen molar-refractivity contribution >= 4 is 34.6 Å². The predicted octanol–water partition coefficient (Wildman–Crippen LogP) is 2.81. The van der Waals surface area contributed by atoms with E-state index < -0.39 is 0 Å². The van der Waals surface area contributed by atoms with Crippen molar-refractivity contribution in [3.05, 3.63) is 70.0 Å². The summed E-state index contributed by atoms with van der Waals surface area (Å²) in [5, 5.41) is 5.52. The van der Waals surface area contributed by atoms with Crippen molar-refractivity contribution in [1.82, 2.24) is 29.1 Å². The van der Waals surface area contributed by atoms with E-state index >= 15 is 0 Å². The molecule has 0 spiro atoms. The second-order valence-electron chi connectivity index (χ2n) is 9.47. The first-order valence-electron chi connectivity index (χ1n) is 12.2. The number of nitrogens with zero attached hydrogens (tertiary/aromatic N) is 6. The molecule has 1 atom stereocenters. The maximum absolute atomic E-state index is 13.5. The molecule has 1 fully saturated rings. The van der Waals surface area contributed by atoms with Crippen LogP contribution in [-0.4, -0.2) is 72.9 Å². The van der Waals surface area contributed by atoms with Crippen molar-refractivity contribution in [2.24, 2.45) is 0 Å². The molecular formula is C26H26N6O4S. The molecule has 0 N–H and O–H groups in total. The predicted molar refractivity (Wildman–Crippen MR) is 138 cm³/mol. The summed E-state index contributed by atoms with van der Waals surface area (Å²) in [7, 11) is 0. The highest BCUT2D eigenvalue weighted by molar-refractivity contribution is 7.99. The van der Waals surface area contributed by atoms with Crippen LogP contribution in [0.15, 0.2) is 57.2 Å². The summed E-state index contributed by atoms with van der Waals surface area (Å²) in [6.07, 6.45) is 3.25. The van der Waals surface area contributed by atoms with E-state index in [9.17, 15) is 14.4 Å². The normalized spacial score (nSPS) is 17.4. The SMILES string of the molecule is Cc1ccc(-n2ncc3c(=O)n4c(nc32)SCC4CC(=O)N2CCN(C(=O)c3ccco3)CC2)c(C)c1. The Kier molecular flexibility index (Phi) is 5.86. The van der Waals surface area contributed by atoms with Gasteiger partial charge >= 0.3 is 0 Å². The number of carbonyl (C=O) groups excluding carboxylic acids is 2. The Morgan fingerprint density at radius 2 is 1.89 bits per heavy atom. The molecule has 6 rings (SSSR count). The fourth-order valence-electron chi connectivity index (χ4n) is 5.05. The third-order valence-electron chi connectivity index (χ3n) is 7.01. The number of furan rings is 1. The van der Waals surface area contributed by atoms with E-state index in [-0.39, 0.29) is 29.8 Å². The molecule has 5 heterocycles. The maximum Gasteiger partial charge on any atom is 0.289 e. The monoisotopic (exact) mass is 518 g/mol. The van der Waals surface area contributed by atoms with E-state index in [2.05, 4.69) is 11.2 Å². The van der Waals surface area contributed by atoms with E-state index in [0.29, 0.717) is 53.9 Å². The highest BCUT2D eigenvalue weighted by Crippen LogP contribution is 2.34. The summed E-state index contributed by atoms with van der Waals surface area (Å²) in [5.41, 5.74) is 3.44. The molecular weight excluding hydrogens is 492 g/mol. The quantitative estimate of drug-likeness (QED) is 0.383. The average Bonchev–Trinajstić information content (AvgIpc) is 3.65. The van der Waals surface area contributed by atoms with Gasteiger partial charge in [0.2, 0.25) is 5.91 Å². The van der Waals surface area contributed by atoms with Gasteiger partial charge in [0, 0.05) is 38.4 Å². The second-order valence-corrected chi connectivity index (χ2v) is 10.5. The summed E-state index contributed by atoms with van der Waals surface area (Å²) in [5.74, 6) is 0.718. The molecule has 1 aromatic carbocycles. The molecule has 190 valence electrons. The third kappa shape index (κ3) is 4.12.